The van der Waals surface area contributed by atoms with Crippen molar-refractivity contribution in [1.29, 1.82) is 0 Å². The Balaban J connectivity index is 1.51. The van der Waals surface area contributed by atoms with Crippen LogP contribution in [0.25, 0.3) is 0 Å². The maximum Gasteiger partial charge on any atom is 0.414 e. The van der Waals surface area contributed by atoms with E-state index in [1.807, 2.05) is 12.2 Å². The largest absolute Gasteiger partial charge is 0.447 e. The first-order valence-corrected chi connectivity index (χ1v) is 10.6. The highest BCUT2D eigenvalue weighted by Gasteiger charge is 2.51. The molecule has 2 amide bonds. The van der Waals surface area contributed by atoms with Gasteiger partial charge in [0.05, 0.1) is 17.9 Å². The second kappa shape index (κ2) is 8.71. The zero-order valence-corrected chi connectivity index (χ0v) is 18.1. The SMILES string of the molecule is C[C@H](/C=C/CCn1cc(CCO)nn1)[C@@]1(O)C(=O)N(C)c2ccc(N3CCOC3=O)cc21. The molecule has 0 aliphatic carbocycles. The highest BCUT2D eigenvalue weighted by atomic mass is 16.6. The number of ether oxygens (including phenoxy) is 1. The minimum absolute atomic E-state index is 0.0271. The number of nitrogens with zero attached hydrogens (tertiary/aromatic N) is 5. The van der Waals surface area contributed by atoms with Crippen molar-refractivity contribution < 1.29 is 24.5 Å². The molecular formula is C22H27N5O5. The van der Waals surface area contributed by atoms with Crippen LogP contribution in [-0.2, 0) is 28.1 Å². The Kier molecular flexibility index (Phi) is 5.98. The first-order valence-electron chi connectivity index (χ1n) is 10.6. The lowest BCUT2D eigenvalue weighted by Gasteiger charge is -2.27. The highest BCUT2D eigenvalue weighted by molar-refractivity contribution is 6.07. The summed E-state index contributed by atoms with van der Waals surface area (Å²) in [5.41, 5.74) is 0.682. The summed E-state index contributed by atoms with van der Waals surface area (Å²) in [4.78, 5) is 27.9. The number of aliphatic hydroxyl groups excluding tert-OH is 1. The van der Waals surface area contributed by atoms with Gasteiger partial charge in [-0.25, -0.2) is 4.79 Å². The third-order valence-corrected chi connectivity index (χ3v) is 6.02. The molecule has 0 saturated carbocycles. The van der Waals surface area contributed by atoms with Crippen LogP contribution in [0.5, 0.6) is 0 Å². The normalized spacial score (nSPS) is 21.5. The number of benzene rings is 1. The molecule has 10 heteroatoms. The molecule has 0 unspecified atom stereocenters. The molecule has 2 aliphatic heterocycles. The Bertz CT molecular complexity index is 1050. The lowest BCUT2D eigenvalue weighted by Crippen LogP contribution is -2.43. The van der Waals surface area contributed by atoms with E-state index in [1.54, 1.807) is 43.0 Å². The van der Waals surface area contributed by atoms with E-state index in [1.165, 1.54) is 9.80 Å². The second-order valence-corrected chi connectivity index (χ2v) is 8.05. The topological polar surface area (TPSA) is 121 Å². The number of hydrogen-bond acceptors (Lipinski definition) is 7. The number of anilines is 2. The van der Waals surface area contributed by atoms with Crippen molar-refractivity contribution in [2.24, 2.45) is 5.92 Å². The fraction of sp³-hybridized carbons (Fsp3) is 0.455. The zero-order chi connectivity index (χ0) is 22.9. The average Bonchev–Trinajstić information content (AvgIpc) is 3.47. The number of aromatic nitrogens is 3. The van der Waals surface area contributed by atoms with Crippen molar-refractivity contribution in [2.75, 3.05) is 36.6 Å². The van der Waals surface area contributed by atoms with Gasteiger partial charge >= 0.3 is 6.09 Å². The van der Waals surface area contributed by atoms with Crippen LogP contribution in [0.15, 0.2) is 36.5 Å². The van der Waals surface area contributed by atoms with Gasteiger partial charge in [0.1, 0.15) is 6.61 Å². The van der Waals surface area contributed by atoms with Gasteiger partial charge in [-0.1, -0.05) is 24.3 Å². The fourth-order valence-corrected chi connectivity index (χ4v) is 4.16. The van der Waals surface area contributed by atoms with Crippen LogP contribution in [0.2, 0.25) is 0 Å². The van der Waals surface area contributed by atoms with Crippen molar-refractivity contribution in [2.45, 2.75) is 31.9 Å². The number of fused-ring (bicyclic) bond motifs is 1. The number of cyclic esters (lactones) is 1. The number of amides is 2. The van der Waals surface area contributed by atoms with Crippen molar-refractivity contribution in [1.82, 2.24) is 15.0 Å². The molecule has 0 radical (unpaired) electrons. The summed E-state index contributed by atoms with van der Waals surface area (Å²) < 4.78 is 6.70. The molecule has 2 atom stereocenters. The summed E-state index contributed by atoms with van der Waals surface area (Å²) in [6.45, 7) is 3.15. The first-order chi connectivity index (χ1) is 15.4. The second-order valence-electron chi connectivity index (χ2n) is 8.05. The third kappa shape index (κ3) is 3.76. The van der Waals surface area contributed by atoms with Gasteiger partial charge in [0.25, 0.3) is 5.91 Å². The van der Waals surface area contributed by atoms with Gasteiger partial charge in [0.15, 0.2) is 5.60 Å². The zero-order valence-electron chi connectivity index (χ0n) is 18.1. The highest BCUT2D eigenvalue weighted by Crippen LogP contribution is 2.46. The molecule has 32 heavy (non-hydrogen) atoms. The molecule has 0 bridgehead atoms. The van der Waals surface area contributed by atoms with Crippen LogP contribution in [0.4, 0.5) is 16.2 Å². The Labute approximate surface area is 185 Å². The minimum Gasteiger partial charge on any atom is -0.447 e. The molecule has 170 valence electrons. The van der Waals surface area contributed by atoms with Crippen molar-refractivity contribution in [3.05, 3.63) is 47.8 Å². The molecule has 2 aromatic rings. The van der Waals surface area contributed by atoms with Gasteiger partial charge in [0, 0.05) is 50.0 Å². The van der Waals surface area contributed by atoms with Crippen LogP contribution in [0.1, 0.15) is 24.6 Å². The number of hydrogen-bond donors (Lipinski definition) is 2. The number of likely N-dealkylation sites (N-methyl/N-ethyl adjacent to an activating group) is 1. The molecule has 2 aliphatic rings. The Morgan fingerprint density at radius 3 is 2.88 bits per heavy atom. The Morgan fingerprint density at radius 2 is 2.16 bits per heavy atom. The molecule has 1 saturated heterocycles. The molecule has 1 fully saturated rings. The van der Waals surface area contributed by atoms with Gasteiger partial charge in [-0.3, -0.25) is 14.4 Å². The number of carbonyl (C=O) groups is 2. The van der Waals surface area contributed by atoms with E-state index in [9.17, 15) is 14.7 Å². The Hall–Kier alpha value is -3.24. The minimum atomic E-state index is -1.73. The van der Waals surface area contributed by atoms with E-state index in [4.69, 9.17) is 9.84 Å². The number of aliphatic hydroxyl groups is 2. The predicted octanol–water partition coefficient (Wildman–Crippen LogP) is 1.22. The lowest BCUT2D eigenvalue weighted by atomic mass is 9.82. The van der Waals surface area contributed by atoms with E-state index in [-0.39, 0.29) is 6.61 Å². The van der Waals surface area contributed by atoms with Crippen molar-refractivity contribution in [3.8, 4) is 0 Å². The molecule has 2 N–H and O–H groups in total. The summed E-state index contributed by atoms with van der Waals surface area (Å²) in [6, 6.07) is 5.20. The summed E-state index contributed by atoms with van der Waals surface area (Å²) >= 11 is 0. The maximum absolute atomic E-state index is 13.0. The quantitative estimate of drug-likeness (QED) is 0.591. The van der Waals surface area contributed by atoms with Gasteiger partial charge in [-0.05, 0) is 24.6 Å². The standard InChI is InChI=1S/C22H27N5O5/c1-15(5-3-4-9-26-14-16(8-11-28)23-24-26)22(31)18-13-17(27-10-12-32-21(27)30)6-7-19(18)25(2)20(22)29/h3,5-7,13-15,28,31H,4,8-12H2,1-2H3/b5-3+/t15-,22+/m1/s1. The van der Waals surface area contributed by atoms with Crippen LogP contribution >= 0.6 is 0 Å². The lowest BCUT2D eigenvalue weighted by molar-refractivity contribution is -0.139. The van der Waals surface area contributed by atoms with Crippen LogP contribution < -0.4 is 9.80 Å². The van der Waals surface area contributed by atoms with Gasteiger partial charge < -0.3 is 19.8 Å². The molecule has 0 spiro atoms. The maximum atomic E-state index is 13.0. The molecule has 1 aromatic carbocycles. The van der Waals surface area contributed by atoms with Gasteiger partial charge in [-0.2, -0.15) is 0 Å². The summed E-state index contributed by atoms with van der Waals surface area (Å²) in [5, 5.41) is 28.5. The smallest absolute Gasteiger partial charge is 0.414 e. The molecule has 1 aromatic heterocycles. The number of carbonyl (C=O) groups excluding carboxylic acids is 2. The fourth-order valence-electron chi connectivity index (χ4n) is 4.16. The van der Waals surface area contributed by atoms with Gasteiger partial charge in [-0.15, -0.1) is 5.10 Å². The van der Waals surface area contributed by atoms with Crippen LogP contribution in [0.3, 0.4) is 0 Å². The monoisotopic (exact) mass is 441 g/mol. The molecule has 3 heterocycles. The number of rotatable bonds is 8. The van der Waals surface area contributed by atoms with Crippen molar-refractivity contribution >= 4 is 23.4 Å². The summed E-state index contributed by atoms with van der Waals surface area (Å²) in [6.07, 6.45) is 6.18. The summed E-state index contributed by atoms with van der Waals surface area (Å²) in [5.74, 6) is -0.907. The van der Waals surface area contributed by atoms with Crippen molar-refractivity contribution in [3.63, 3.8) is 0 Å². The van der Waals surface area contributed by atoms with E-state index in [0.29, 0.717) is 49.5 Å². The number of aryl methyl sites for hydroxylation is 1. The van der Waals surface area contributed by atoms with E-state index >= 15 is 0 Å². The average molecular weight is 441 g/mol. The molecular weight excluding hydrogens is 414 g/mol. The first kappa shape index (κ1) is 22.0. The van der Waals surface area contributed by atoms with E-state index < -0.39 is 23.5 Å². The third-order valence-electron chi connectivity index (χ3n) is 6.02. The number of allylic oxidation sites excluding steroid dienone is 1. The predicted molar refractivity (Wildman–Crippen MR) is 116 cm³/mol. The van der Waals surface area contributed by atoms with Gasteiger partial charge in [0.2, 0.25) is 0 Å². The molecule has 4 rings (SSSR count). The van der Waals surface area contributed by atoms with Crippen LogP contribution in [0, 0.1) is 5.92 Å². The molecule has 10 nitrogen and oxygen atoms in total. The van der Waals surface area contributed by atoms with E-state index in [2.05, 4.69) is 10.3 Å². The van der Waals surface area contributed by atoms with E-state index in [0.717, 1.165) is 5.69 Å². The Morgan fingerprint density at radius 1 is 1.34 bits per heavy atom. The summed E-state index contributed by atoms with van der Waals surface area (Å²) in [7, 11) is 1.63. The van der Waals surface area contributed by atoms with Crippen LogP contribution in [-0.4, -0.2) is 64.0 Å².